The molecule has 1 unspecified atom stereocenters. The van der Waals surface area contributed by atoms with Crippen molar-refractivity contribution >= 4 is 21.7 Å². The molecule has 1 atom stereocenters. The maximum absolute atomic E-state index is 11.7. The van der Waals surface area contributed by atoms with Crippen LogP contribution in [0, 0.1) is 17.2 Å². The zero-order valence-corrected chi connectivity index (χ0v) is 11.0. The summed E-state index contributed by atoms with van der Waals surface area (Å²) in [7, 11) is 0. The lowest BCUT2D eigenvalue weighted by atomic mass is 10.00. The molecule has 0 aliphatic rings. The number of alkyl halides is 1. The van der Waals surface area contributed by atoms with Crippen LogP contribution in [0.15, 0.2) is 24.3 Å². The van der Waals surface area contributed by atoms with Crippen LogP contribution in [0.4, 0.5) is 0 Å². The van der Waals surface area contributed by atoms with Gasteiger partial charge in [-0.15, -0.1) is 0 Å². The van der Waals surface area contributed by atoms with Crippen molar-refractivity contribution in [3.63, 3.8) is 0 Å². The Hall–Kier alpha value is -1.14. The molecule has 0 aliphatic heterocycles. The van der Waals surface area contributed by atoms with Gasteiger partial charge in [0.25, 0.3) is 0 Å². The summed E-state index contributed by atoms with van der Waals surface area (Å²) in [6.07, 6.45) is 0.631. The molecule has 0 aromatic heterocycles. The number of Topliss-reactive ketones (excluding diaryl/α,β-unsaturated/α-hetero) is 1. The smallest absolute Gasteiger partial charge is 0.149 e. The minimum absolute atomic E-state index is 0.0310. The summed E-state index contributed by atoms with van der Waals surface area (Å²) in [5, 5.41) is 8.76. The highest BCUT2D eigenvalue weighted by molar-refractivity contribution is 9.10. The van der Waals surface area contributed by atoms with E-state index in [0.29, 0.717) is 12.0 Å². The van der Waals surface area contributed by atoms with E-state index in [-0.39, 0.29) is 16.5 Å². The van der Waals surface area contributed by atoms with Crippen molar-refractivity contribution in [3.8, 4) is 6.07 Å². The molecule has 2 nitrogen and oxygen atoms in total. The third kappa shape index (κ3) is 3.46. The first-order valence-corrected chi connectivity index (χ1v) is 6.13. The Morgan fingerprint density at radius 1 is 1.50 bits per heavy atom. The van der Waals surface area contributed by atoms with Crippen molar-refractivity contribution in [1.82, 2.24) is 0 Å². The van der Waals surface area contributed by atoms with E-state index >= 15 is 0 Å². The van der Waals surface area contributed by atoms with Gasteiger partial charge in [0.05, 0.1) is 16.5 Å². The average molecular weight is 280 g/mol. The third-order valence-electron chi connectivity index (χ3n) is 2.35. The normalized spacial score (nSPS) is 12.2. The van der Waals surface area contributed by atoms with Gasteiger partial charge in [-0.25, -0.2) is 0 Å². The van der Waals surface area contributed by atoms with E-state index in [4.69, 9.17) is 5.26 Å². The van der Waals surface area contributed by atoms with E-state index in [9.17, 15) is 4.79 Å². The molecule has 0 amide bonds. The predicted molar refractivity (Wildman–Crippen MR) is 67.4 cm³/mol. The van der Waals surface area contributed by atoms with Gasteiger partial charge in [-0.05, 0) is 24.1 Å². The lowest BCUT2D eigenvalue weighted by Crippen LogP contribution is -2.21. The summed E-state index contributed by atoms with van der Waals surface area (Å²) in [6, 6.07) is 9.45. The van der Waals surface area contributed by atoms with E-state index < -0.39 is 0 Å². The molecule has 0 N–H and O–H groups in total. The summed E-state index contributed by atoms with van der Waals surface area (Å²) in [6.45, 7) is 3.78. The number of carbonyl (C=O) groups excluding carboxylic acids is 1. The van der Waals surface area contributed by atoms with Gasteiger partial charge >= 0.3 is 0 Å². The SMILES string of the molecule is CC(C)C(=O)C(Br)Cc1cccc(C#N)c1. The Labute approximate surface area is 104 Å². The van der Waals surface area contributed by atoms with Gasteiger partial charge in [-0.1, -0.05) is 41.9 Å². The number of nitriles is 1. The Morgan fingerprint density at radius 3 is 2.75 bits per heavy atom. The number of halogens is 1. The fraction of sp³-hybridized carbons (Fsp3) is 0.385. The molecule has 0 saturated heterocycles. The number of nitrogens with zero attached hydrogens (tertiary/aromatic N) is 1. The molecule has 3 heteroatoms. The van der Waals surface area contributed by atoms with E-state index in [2.05, 4.69) is 22.0 Å². The monoisotopic (exact) mass is 279 g/mol. The molecule has 0 aliphatic carbocycles. The summed E-state index contributed by atoms with van der Waals surface area (Å²) in [4.78, 5) is 11.5. The van der Waals surface area contributed by atoms with Gasteiger partial charge < -0.3 is 0 Å². The van der Waals surface area contributed by atoms with Gasteiger partial charge in [-0.2, -0.15) is 5.26 Å². The van der Waals surface area contributed by atoms with E-state index in [1.54, 1.807) is 6.07 Å². The fourth-order valence-electron chi connectivity index (χ4n) is 1.44. The van der Waals surface area contributed by atoms with Crippen LogP contribution in [-0.2, 0) is 11.2 Å². The summed E-state index contributed by atoms with van der Waals surface area (Å²) >= 11 is 3.39. The van der Waals surface area contributed by atoms with Gasteiger partial charge in [0.1, 0.15) is 5.78 Å². The molecule has 84 valence electrons. The molecule has 1 aromatic rings. The van der Waals surface area contributed by atoms with Crippen molar-refractivity contribution in [1.29, 1.82) is 5.26 Å². The van der Waals surface area contributed by atoms with Crippen LogP contribution in [0.3, 0.4) is 0 Å². The average Bonchev–Trinajstić information content (AvgIpc) is 2.28. The van der Waals surface area contributed by atoms with Crippen LogP contribution in [-0.4, -0.2) is 10.6 Å². The van der Waals surface area contributed by atoms with E-state index in [1.807, 2.05) is 32.0 Å². The van der Waals surface area contributed by atoms with Crippen molar-refractivity contribution < 1.29 is 4.79 Å². The first-order chi connectivity index (χ1) is 7.54. The topological polar surface area (TPSA) is 40.9 Å². The van der Waals surface area contributed by atoms with Crippen LogP contribution in [0.1, 0.15) is 25.0 Å². The molecule has 0 fully saturated rings. The first-order valence-electron chi connectivity index (χ1n) is 5.21. The van der Waals surface area contributed by atoms with Crippen molar-refractivity contribution in [2.24, 2.45) is 5.92 Å². The van der Waals surface area contributed by atoms with E-state index in [1.165, 1.54) is 0 Å². The molecular formula is C13H14BrNO. The zero-order chi connectivity index (χ0) is 12.1. The van der Waals surface area contributed by atoms with Gasteiger partial charge in [0.15, 0.2) is 0 Å². The first kappa shape index (κ1) is 12.9. The molecule has 16 heavy (non-hydrogen) atoms. The van der Waals surface area contributed by atoms with Crippen molar-refractivity contribution in [3.05, 3.63) is 35.4 Å². The Morgan fingerprint density at radius 2 is 2.19 bits per heavy atom. The fourth-order valence-corrected chi connectivity index (χ4v) is 2.34. The molecule has 0 radical (unpaired) electrons. The Kier molecular flexibility index (Phi) is 4.70. The third-order valence-corrected chi connectivity index (χ3v) is 3.12. The van der Waals surface area contributed by atoms with Crippen molar-refractivity contribution in [2.45, 2.75) is 25.1 Å². The maximum Gasteiger partial charge on any atom is 0.149 e. The van der Waals surface area contributed by atoms with Gasteiger partial charge in [-0.3, -0.25) is 4.79 Å². The van der Waals surface area contributed by atoms with Crippen LogP contribution < -0.4 is 0 Å². The van der Waals surface area contributed by atoms with Gasteiger partial charge in [0.2, 0.25) is 0 Å². The molecule has 0 heterocycles. The number of benzene rings is 1. The second-order valence-corrected chi connectivity index (χ2v) is 5.15. The Balaban J connectivity index is 2.74. The summed E-state index contributed by atoms with van der Waals surface area (Å²) in [5.74, 6) is 0.228. The maximum atomic E-state index is 11.7. The number of carbonyl (C=O) groups is 1. The second kappa shape index (κ2) is 5.81. The molecule has 1 aromatic carbocycles. The molecule has 0 spiro atoms. The molecule has 0 saturated carbocycles. The minimum Gasteiger partial charge on any atom is -0.298 e. The van der Waals surface area contributed by atoms with Crippen molar-refractivity contribution in [2.75, 3.05) is 0 Å². The highest BCUT2D eigenvalue weighted by atomic mass is 79.9. The number of ketones is 1. The van der Waals surface area contributed by atoms with Gasteiger partial charge in [0, 0.05) is 5.92 Å². The van der Waals surface area contributed by atoms with Crippen LogP contribution in [0.2, 0.25) is 0 Å². The number of hydrogen-bond donors (Lipinski definition) is 0. The molecule has 1 rings (SSSR count). The Bertz CT molecular complexity index is 420. The number of rotatable bonds is 4. The second-order valence-electron chi connectivity index (χ2n) is 4.04. The standard InChI is InChI=1S/C13H14BrNO/c1-9(2)13(16)12(14)7-10-4-3-5-11(6-10)8-15/h3-6,9,12H,7H2,1-2H3. The lowest BCUT2D eigenvalue weighted by molar-refractivity contribution is -0.121. The largest absolute Gasteiger partial charge is 0.298 e. The highest BCUT2D eigenvalue weighted by Crippen LogP contribution is 2.15. The number of hydrogen-bond acceptors (Lipinski definition) is 2. The molecule has 0 bridgehead atoms. The lowest BCUT2D eigenvalue weighted by Gasteiger charge is -2.11. The van der Waals surface area contributed by atoms with Crippen LogP contribution in [0.25, 0.3) is 0 Å². The van der Waals surface area contributed by atoms with E-state index in [0.717, 1.165) is 5.56 Å². The van der Waals surface area contributed by atoms with Crippen LogP contribution >= 0.6 is 15.9 Å². The minimum atomic E-state index is -0.165. The highest BCUT2D eigenvalue weighted by Gasteiger charge is 2.18. The summed E-state index contributed by atoms with van der Waals surface area (Å²) < 4.78 is 0. The summed E-state index contributed by atoms with van der Waals surface area (Å²) in [5.41, 5.74) is 1.64. The quantitative estimate of drug-likeness (QED) is 0.795. The predicted octanol–water partition coefficient (Wildman–Crippen LogP) is 3.09. The molecular weight excluding hydrogens is 266 g/mol. The van der Waals surface area contributed by atoms with Crippen LogP contribution in [0.5, 0.6) is 0 Å². The zero-order valence-electron chi connectivity index (χ0n) is 9.40.